The van der Waals surface area contributed by atoms with E-state index in [4.69, 9.17) is 5.73 Å². The molecule has 2 rings (SSSR count). The molecule has 21 heavy (non-hydrogen) atoms. The smallest absolute Gasteiger partial charge is 0.223 e. The maximum absolute atomic E-state index is 12.3. The number of hydrogen-bond donors (Lipinski definition) is 1. The van der Waals surface area contributed by atoms with Gasteiger partial charge in [0.1, 0.15) is 0 Å². The molecule has 2 atom stereocenters. The van der Waals surface area contributed by atoms with Crippen molar-refractivity contribution in [3.8, 4) is 0 Å². The second kappa shape index (κ2) is 6.71. The molecule has 4 nitrogen and oxygen atoms in total. The van der Waals surface area contributed by atoms with Crippen LogP contribution in [0.25, 0.3) is 0 Å². The van der Waals surface area contributed by atoms with Gasteiger partial charge in [0, 0.05) is 40.7 Å². The number of thiophene rings is 1. The topological polar surface area (TPSA) is 63.4 Å². The molecular weight excluding hydrogens is 284 g/mol. The van der Waals surface area contributed by atoms with Gasteiger partial charge in [-0.25, -0.2) is 0 Å². The fourth-order valence-electron chi connectivity index (χ4n) is 3.07. The summed E-state index contributed by atoms with van der Waals surface area (Å²) in [6, 6.07) is 2.17. The first kappa shape index (κ1) is 16.2. The molecule has 1 saturated heterocycles. The zero-order chi connectivity index (χ0) is 15.6. The lowest BCUT2D eigenvalue weighted by Gasteiger charge is -2.21. The van der Waals surface area contributed by atoms with Gasteiger partial charge in [0.15, 0.2) is 5.78 Å². The number of nitrogens with two attached hydrogens (primary N) is 1. The number of ketones is 1. The van der Waals surface area contributed by atoms with E-state index in [0.717, 1.165) is 28.3 Å². The summed E-state index contributed by atoms with van der Waals surface area (Å²) in [4.78, 5) is 28.6. The summed E-state index contributed by atoms with van der Waals surface area (Å²) in [5.41, 5.74) is 6.46. The lowest BCUT2D eigenvalue weighted by Crippen LogP contribution is -2.34. The van der Waals surface area contributed by atoms with E-state index in [0.29, 0.717) is 25.3 Å². The summed E-state index contributed by atoms with van der Waals surface area (Å²) < 4.78 is 0. The molecule has 116 valence electrons. The number of carbonyl (C=O) groups is 2. The van der Waals surface area contributed by atoms with Crippen LogP contribution in [0, 0.1) is 19.8 Å². The molecule has 2 heterocycles. The number of likely N-dealkylation sites (tertiary alicyclic amines) is 1. The molecule has 0 radical (unpaired) electrons. The summed E-state index contributed by atoms with van der Waals surface area (Å²) >= 11 is 1.63. The first-order chi connectivity index (χ1) is 9.92. The highest BCUT2D eigenvalue weighted by Gasteiger charge is 2.31. The van der Waals surface area contributed by atoms with E-state index in [9.17, 15) is 9.59 Å². The normalized spacial score (nSPS) is 21.8. The minimum absolute atomic E-state index is 0.0763. The molecule has 0 saturated carbocycles. The predicted octanol–water partition coefficient (Wildman–Crippen LogP) is 2.52. The average Bonchev–Trinajstić information content (AvgIpc) is 2.98. The molecule has 0 aromatic carbocycles. The molecule has 1 aliphatic heterocycles. The van der Waals surface area contributed by atoms with Gasteiger partial charge in [-0.15, -0.1) is 11.3 Å². The highest BCUT2D eigenvalue weighted by molar-refractivity contribution is 7.12. The van der Waals surface area contributed by atoms with Gasteiger partial charge < -0.3 is 10.6 Å². The monoisotopic (exact) mass is 308 g/mol. The lowest BCUT2D eigenvalue weighted by atomic mass is 10.1. The number of carbonyl (C=O) groups excluding carboxylic acids is 2. The van der Waals surface area contributed by atoms with E-state index in [1.54, 1.807) is 11.3 Å². The van der Waals surface area contributed by atoms with Gasteiger partial charge in [-0.2, -0.15) is 0 Å². The van der Waals surface area contributed by atoms with Crippen LogP contribution < -0.4 is 5.73 Å². The van der Waals surface area contributed by atoms with Crippen molar-refractivity contribution in [2.45, 2.75) is 46.1 Å². The summed E-state index contributed by atoms with van der Waals surface area (Å²) in [6.07, 6.45) is 1.57. The number of amides is 1. The van der Waals surface area contributed by atoms with Crippen LogP contribution in [0.4, 0.5) is 0 Å². The van der Waals surface area contributed by atoms with Crippen LogP contribution in [0.3, 0.4) is 0 Å². The van der Waals surface area contributed by atoms with Crippen molar-refractivity contribution in [3.63, 3.8) is 0 Å². The third-order valence-corrected chi connectivity index (χ3v) is 5.19. The molecule has 5 heteroatoms. The van der Waals surface area contributed by atoms with Crippen molar-refractivity contribution in [2.24, 2.45) is 11.7 Å². The average molecular weight is 308 g/mol. The second-order valence-corrected chi connectivity index (χ2v) is 7.44. The van der Waals surface area contributed by atoms with Crippen molar-refractivity contribution >= 4 is 23.0 Å². The molecule has 0 spiro atoms. The first-order valence-electron chi connectivity index (χ1n) is 7.52. The van der Waals surface area contributed by atoms with E-state index in [-0.39, 0.29) is 17.7 Å². The molecule has 2 unspecified atom stereocenters. The third kappa shape index (κ3) is 3.71. The quantitative estimate of drug-likeness (QED) is 0.850. The molecule has 1 aromatic heterocycles. The number of rotatable bonds is 5. The van der Waals surface area contributed by atoms with Gasteiger partial charge in [-0.05, 0) is 45.7 Å². The zero-order valence-corrected chi connectivity index (χ0v) is 13.8. The largest absolute Gasteiger partial charge is 0.340 e. The summed E-state index contributed by atoms with van der Waals surface area (Å²) in [7, 11) is 0. The fourth-order valence-corrected chi connectivity index (χ4v) is 4.01. The van der Waals surface area contributed by atoms with Crippen LogP contribution in [0.15, 0.2) is 6.07 Å². The van der Waals surface area contributed by atoms with Gasteiger partial charge in [-0.3, -0.25) is 9.59 Å². The van der Waals surface area contributed by atoms with Crippen molar-refractivity contribution in [1.29, 1.82) is 0 Å². The lowest BCUT2D eigenvalue weighted by molar-refractivity contribution is -0.131. The number of Topliss-reactive ketones (excluding diaryl/α,β-unsaturated/α-hetero) is 1. The van der Waals surface area contributed by atoms with E-state index in [1.807, 2.05) is 24.8 Å². The van der Waals surface area contributed by atoms with Crippen LogP contribution in [0.2, 0.25) is 0 Å². The first-order valence-corrected chi connectivity index (χ1v) is 8.33. The van der Waals surface area contributed by atoms with Crippen LogP contribution in [-0.2, 0) is 4.79 Å². The number of nitrogens with zero attached hydrogens (tertiary/aromatic N) is 1. The van der Waals surface area contributed by atoms with E-state index in [2.05, 4.69) is 6.92 Å². The Kier molecular flexibility index (Phi) is 5.17. The Balaban J connectivity index is 1.89. The van der Waals surface area contributed by atoms with E-state index < -0.39 is 0 Å². The Morgan fingerprint density at radius 1 is 1.38 bits per heavy atom. The van der Waals surface area contributed by atoms with Gasteiger partial charge in [0.25, 0.3) is 0 Å². The molecule has 2 N–H and O–H groups in total. The van der Waals surface area contributed by atoms with Crippen molar-refractivity contribution in [3.05, 3.63) is 21.4 Å². The maximum atomic E-state index is 12.3. The van der Waals surface area contributed by atoms with Crippen molar-refractivity contribution in [1.82, 2.24) is 4.90 Å². The van der Waals surface area contributed by atoms with Crippen LogP contribution >= 0.6 is 11.3 Å². The molecule has 0 aliphatic carbocycles. The molecule has 1 aliphatic rings. The minimum atomic E-state index is 0.0763. The van der Waals surface area contributed by atoms with Crippen LogP contribution in [0.1, 0.15) is 46.3 Å². The Hall–Kier alpha value is -1.20. The zero-order valence-electron chi connectivity index (χ0n) is 13.0. The Morgan fingerprint density at radius 2 is 2.10 bits per heavy atom. The Labute approximate surface area is 130 Å². The maximum Gasteiger partial charge on any atom is 0.223 e. The SMILES string of the molecule is Cc1cc(C(=O)CCC(=O)N2CC(CN)CC2C)c(C)s1. The van der Waals surface area contributed by atoms with Crippen molar-refractivity contribution < 1.29 is 9.59 Å². The molecule has 1 aromatic rings. The molecule has 1 amide bonds. The predicted molar refractivity (Wildman–Crippen MR) is 85.7 cm³/mol. The highest BCUT2D eigenvalue weighted by atomic mass is 32.1. The Bertz CT molecular complexity index is 538. The van der Waals surface area contributed by atoms with E-state index in [1.165, 1.54) is 0 Å². The summed E-state index contributed by atoms with van der Waals surface area (Å²) in [5.74, 6) is 0.560. The van der Waals surface area contributed by atoms with Crippen molar-refractivity contribution in [2.75, 3.05) is 13.1 Å². The number of hydrogen-bond acceptors (Lipinski definition) is 4. The molecule has 0 bridgehead atoms. The van der Waals surface area contributed by atoms with Crippen LogP contribution in [0.5, 0.6) is 0 Å². The highest BCUT2D eigenvalue weighted by Crippen LogP contribution is 2.25. The minimum Gasteiger partial charge on any atom is -0.340 e. The fraction of sp³-hybridized carbons (Fsp3) is 0.625. The summed E-state index contributed by atoms with van der Waals surface area (Å²) in [6.45, 7) is 7.38. The third-order valence-electron chi connectivity index (χ3n) is 4.22. The van der Waals surface area contributed by atoms with Gasteiger partial charge in [0.2, 0.25) is 5.91 Å². The number of aryl methyl sites for hydroxylation is 2. The van der Waals surface area contributed by atoms with Gasteiger partial charge in [0.05, 0.1) is 0 Å². The van der Waals surface area contributed by atoms with Crippen LogP contribution in [-0.4, -0.2) is 35.7 Å². The van der Waals surface area contributed by atoms with E-state index >= 15 is 0 Å². The molecule has 1 fully saturated rings. The second-order valence-electron chi connectivity index (χ2n) is 5.98. The van der Waals surface area contributed by atoms with Gasteiger partial charge in [-0.1, -0.05) is 0 Å². The Morgan fingerprint density at radius 3 is 2.62 bits per heavy atom. The summed E-state index contributed by atoms with van der Waals surface area (Å²) in [5, 5.41) is 0. The molecular formula is C16H24N2O2S. The van der Waals surface area contributed by atoms with Gasteiger partial charge >= 0.3 is 0 Å². The standard InChI is InChI=1S/C16H24N2O2S/c1-10-6-13(8-17)9-18(10)16(20)5-4-15(19)14-7-11(2)21-12(14)3/h7,10,13H,4-6,8-9,17H2,1-3H3.